The predicted molar refractivity (Wildman–Crippen MR) is 89.4 cm³/mol. The summed E-state index contributed by atoms with van der Waals surface area (Å²) < 4.78 is 17.4. The average Bonchev–Trinajstić information content (AvgIpc) is 2.47. The molecule has 1 unspecified atom stereocenters. The smallest absolute Gasteiger partial charge is 0.141 e. The van der Waals surface area contributed by atoms with Crippen molar-refractivity contribution in [2.24, 2.45) is 0 Å². The van der Waals surface area contributed by atoms with E-state index in [-0.39, 0.29) is 11.6 Å². The first-order chi connectivity index (χ1) is 9.92. The molecule has 1 aromatic carbocycles. The average molecular weight is 360 g/mol. The van der Waals surface area contributed by atoms with E-state index in [0.29, 0.717) is 0 Å². The van der Waals surface area contributed by atoms with Gasteiger partial charge in [-0.15, -0.1) is 0 Å². The quantitative estimate of drug-likeness (QED) is 0.763. The number of halogens is 1. The Morgan fingerprint density at radius 3 is 2.33 bits per heavy atom. The molecule has 0 radical (unpaired) electrons. The molecule has 0 aliphatic heterocycles. The zero-order valence-corrected chi connectivity index (χ0v) is 15.3. The van der Waals surface area contributed by atoms with Crippen LogP contribution in [0.15, 0.2) is 16.6 Å². The van der Waals surface area contributed by atoms with Crippen LogP contribution in [0.3, 0.4) is 0 Å². The fourth-order valence-corrected chi connectivity index (χ4v) is 2.97. The molecule has 0 fully saturated rings. The van der Waals surface area contributed by atoms with Crippen LogP contribution >= 0.6 is 15.9 Å². The molecule has 1 rings (SSSR count). The van der Waals surface area contributed by atoms with Crippen LogP contribution in [0, 0.1) is 0 Å². The molecular formula is C16H26BrNO3. The van der Waals surface area contributed by atoms with E-state index in [1.54, 1.807) is 21.3 Å². The molecule has 0 bridgehead atoms. The van der Waals surface area contributed by atoms with Crippen LogP contribution < -0.4 is 14.8 Å². The van der Waals surface area contributed by atoms with Crippen molar-refractivity contribution in [2.75, 3.05) is 27.9 Å². The van der Waals surface area contributed by atoms with Gasteiger partial charge in [-0.2, -0.15) is 0 Å². The van der Waals surface area contributed by atoms with Crippen LogP contribution in [0.25, 0.3) is 0 Å². The Morgan fingerprint density at radius 1 is 1.19 bits per heavy atom. The third-order valence-corrected chi connectivity index (χ3v) is 4.40. The number of nitrogens with one attached hydrogen (secondary N) is 1. The van der Waals surface area contributed by atoms with E-state index in [1.165, 1.54) is 0 Å². The molecule has 21 heavy (non-hydrogen) atoms. The molecule has 1 aromatic rings. The first-order valence-electron chi connectivity index (χ1n) is 7.11. The number of rotatable bonds is 8. The Bertz CT molecular complexity index is 463. The summed E-state index contributed by atoms with van der Waals surface area (Å²) in [6.45, 7) is 7.19. The topological polar surface area (TPSA) is 39.7 Å². The van der Waals surface area contributed by atoms with Crippen molar-refractivity contribution < 1.29 is 14.2 Å². The molecule has 120 valence electrons. The summed E-state index contributed by atoms with van der Waals surface area (Å²) in [6, 6.07) is 3.98. The maximum atomic E-state index is 5.68. The van der Waals surface area contributed by atoms with E-state index in [0.717, 1.165) is 34.5 Å². The minimum atomic E-state index is -0.365. The molecule has 1 N–H and O–H groups in total. The molecule has 0 aromatic heterocycles. The van der Waals surface area contributed by atoms with E-state index < -0.39 is 0 Å². The van der Waals surface area contributed by atoms with Gasteiger partial charge in [-0.25, -0.2) is 0 Å². The van der Waals surface area contributed by atoms with Crippen molar-refractivity contribution >= 4 is 15.9 Å². The molecule has 0 spiro atoms. The summed E-state index contributed by atoms with van der Waals surface area (Å²) in [5.41, 5.74) is 0.682. The molecule has 1 atom stereocenters. The van der Waals surface area contributed by atoms with Crippen LogP contribution in [0.1, 0.15) is 38.8 Å². The van der Waals surface area contributed by atoms with Gasteiger partial charge >= 0.3 is 0 Å². The molecule has 0 saturated carbocycles. The predicted octanol–water partition coefficient (Wildman–Crippen LogP) is 3.93. The van der Waals surface area contributed by atoms with Crippen LogP contribution in [-0.4, -0.2) is 33.5 Å². The fourth-order valence-electron chi connectivity index (χ4n) is 2.28. The molecule has 5 heteroatoms. The lowest BCUT2D eigenvalue weighted by Gasteiger charge is -2.35. The third-order valence-electron chi connectivity index (χ3n) is 3.65. The summed E-state index contributed by atoms with van der Waals surface area (Å²) in [4.78, 5) is 0. The number of hydrogen-bond donors (Lipinski definition) is 1. The van der Waals surface area contributed by atoms with Crippen LogP contribution in [-0.2, 0) is 4.74 Å². The van der Waals surface area contributed by atoms with Gasteiger partial charge in [0, 0.05) is 12.7 Å². The number of hydrogen-bond acceptors (Lipinski definition) is 4. The van der Waals surface area contributed by atoms with Gasteiger partial charge in [0.05, 0.1) is 25.9 Å². The Morgan fingerprint density at radius 2 is 1.86 bits per heavy atom. The molecule has 0 aliphatic carbocycles. The van der Waals surface area contributed by atoms with Gasteiger partial charge in [0.25, 0.3) is 0 Å². The number of ether oxygens (including phenoxy) is 3. The highest BCUT2D eigenvalue weighted by atomic mass is 79.9. The zero-order valence-electron chi connectivity index (χ0n) is 13.7. The normalized spacial score (nSPS) is 13.1. The SMILES string of the molecule is CCCNC(c1ccc(OC)c(Br)c1OC)C(C)(C)OC. The monoisotopic (exact) mass is 359 g/mol. The zero-order chi connectivity index (χ0) is 16.0. The largest absolute Gasteiger partial charge is 0.495 e. The molecular weight excluding hydrogens is 334 g/mol. The lowest BCUT2D eigenvalue weighted by atomic mass is 9.90. The van der Waals surface area contributed by atoms with Gasteiger partial charge in [0.2, 0.25) is 0 Å². The van der Waals surface area contributed by atoms with Crippen LogP contribution in [0.5, 0.6) is 11.5 Å². The van der Waals surface area contributed by atoms with Gasteiger partial charge < -0.3 is 19.5 Å². The van der Waals surface area contributed by atoms with Crippen molar-refractivity contribution in [1.29, 1.82) is 0 Å². The standard InChI is InChI=1S/C16H26BrNO3/c1-7-10-18-15(16(2,3)21-6)11-8-9-12(19-4)13(17)14(11)20-5/h8-9,15,18H,7,10H2,1-6H3. The highest BCUT2D eigenvalue weighted by Crippen LogP contribution is 2.42. The minimum absolute atomic E-state index is 0.0135. The Hall–Kier alpha value is -0.780. The highest BCUT2D eigenvalue weighted by molar-refractivity contribution is 9.10. The Kier molecular flexibility index (Phi) is 6.97. The summed E-state index contributed by atoms with van der Waals surface area (Å²) >= 11 is 3.56. The number of methoxy groups -OCH3 is 3. The van der Waals surface area contributed by atoms with Crippen molar-refractivity contribution in [3.05, 3.63) is 22.2 Å². The van der Waals surface area contributed by atoms with E-state index in [2.05, 4.69) is 42.0 Å². The van der Waals surface area contributed by atoms with E-state index in [1.807, 2.05) is 12.1 Å². The van der Waals surface area contributed by atoms with Crippen molar-refractivity contribution in [2.45, 2.75) is 38.8 Å². The first-order valence-corrected chi connectivity index (χ1v) is 7.91. The van der Waals surface area contributed by atoms with Crippen LogP contribution in [0.4, 0.5) is 0 Å². The van der Waals surface area contributed by atoms with Crippen molar-refractivity contribution in [3.8, 4) is 11.5 Å². The van der Waals surface area contributed by atoms with Gasteiger partial charge in [-0.3, -0.25) is 0 Å². The summed E-state index contributed by atoms with van der Waals surface area (Å²) in [7, 11) is 5.04. The highest BCUT2D eigenvalue weighted by Gasteiger charge is 2.33. The molecule has 4 nitrogen and oxygen atoms in total. The van der Waals surface area contributed by atoms with Gasteiger partial charge in [0.15, 0.2) is 0 Å². The molecule has 0 heterocycles. The molecule has 0 saturated heterocycles. The van der Waals surface area contributed by atoms with E-state index in [4.69, 9.17) is 14.2 Å². The Labute approximate surface area is 136 Å². The van der Waals surface area contributed by atoms with Crippen LogP contribution in [0.2, 0.25) is 0 Å². The van der Waals surface area contributed by atoms with E-state index >= 15 is 0 Å². The number of benzene rings is 1. The second kappa shape index (κ2) is 8.01. The lowest BCUT2D eigenvalue weighted by Crippen LogP contribution is -2.41. The summed E-state index contributed by atoms with van der Waals surface area (Å²) in [6.07, 6.45) is 1.05. The molecule has 0 amide bonds. The summed E-state index contributed by atoms with van der Waals surface area (Å²) in [5.74, 6) is 1.52. The second-order valence-electron chi connectivity index (χ2n) is 5.40. The third kappa shape index (κ3) is 4.11. The minimum Gasteiger partial charge on any atom is -0.495 e. The second-order valence-corrected chi connectivity index (χ2v) is 6.19. The van der Waals surface area contributed by atoms with Crippen molar-refractivity contribution in [1.82, 2.24) is 5.32 Å². The maximum Gasteiger partial charge on any atom is 0.141 e. The van der Waals surface area contributed by atoms with Gasteiger partial charge in [-0.1, -0.05) is 6.92 Å². The maximum absolute atomic E-state index is 5.68. The lowest BCUT2D eigenvalue weighted by molar-refractivity contribution is -0.0117. The fraction of sp³-hybridized carbons (Fsp3) is 0.625. The summed E-state index contributed by atoms with van der Waals surface area (Å²) in [5, 5.41) is 3.55. The van der Waals surface area contributed by atoms with E-state index in [9.17, 15) is 0 Å². The van der Waals surface area contributed by atoms with Gasteiger partial charge in [-0.05, 0) is 54.9 Å². The first kappa shape index (κ1) is 18.3. The molecule has 0 aliphatic rings. The van der Waals surface area contributed by atoms with Crippen molar-refractivity contribution in [3.63, 3.8) is 0 Å². The van der Waals surface area contributed by atoms with Gasteiger partial charge in [0.1, 0.15) is 16.0 Å². The Balaban J connectivity index is 3.33.